The highest BCUT2D eigenvalue weighted by molar-refractivity contribution is 5.99. The Morgan fingerprint density at radius 3 is 2.24 bits per heavy atom. The number of piperidine rings is 1. The average molecular weight is 562 g/mol. The van der Waals surface area contributed by atoms with E-state index in [4.69, 9.17) is 9.47 Å². The Bertz CT molecular complexity index is 1410. The number of aromatic carboxylic acids is 1. The third-order valence-corrected chi connectivity index (χ3v) is 7.87. The molecule has 0 atom stereocenters. The number of hydrogen-bond acceptors (Lipinski definition) is 6. The van der Waals surface area contributed by atoms with E-state index in [1.165, 1.54) is 18.2 Å². The fourth-order valence-electron chi connectivity index (χ4n) is 5.90. The maximum atomic E-state index is 13.6. The number of aromatic nitrogens is 1. The molecule has 1 aromatic heterocycles. The molecule has 3 aromatic rings. The molecular weight excluding hydrogens is 525 g/mol. The summed E-state index contributed by atoms with van der Waals surface area (Å²) in [5.41, 5.74) is 4.33. The molecule has 2 aliphatic heterocycles. The van der Waals surface area contributed by atoms with Gasteiger partial charge in [0.2, 0.25) is 0 Å². The second kappa shape index (κ2) is 12.3. The van der Waals surface area contributed by atoms with Crippen LogP contribution < -0.4 is 9.47 Å². The van der Waals surface area contributed by atoms with Gasteiger partial charge in [-0.05, 0) is 75.1 Å². The van der Waals surface area contributed by atoms with Crippen LogP contribution in [0.1, 0.15) is 64.4 Å². The third kappa shape index (κ3) is 6.05. The van der Waals surface area contributed by atoms with Gasteiger partial charge in [-0.2, -0.15) is 0 Å². The van der Waals surface area contributed by atoms with Gasteiger partial charge < -0.3 is 19.5 Å². The van der Waals surface area contributed by atoms with Crippen LogP contribution in [0.4, 0.5) is 4.39 Å². The van der Waals surface area contributed by atoms with Crippen molar-refractivity contribution in [2.24, 2.45) is 0 Å². The first kappa shape index (κ1) is 28.5. The van der Waals surface area contributed by atoms with E-state index in [-0.39, 0.29) is 23.3 Å². The number of ether oxygens (including phenoxy) is 2. The summed E-state index contributed by atoms with van der Waals surface area (Å²) < 4.78 is 25.7. The zero-order chi connectivity index (χ0) is 29.1. The highest BCUT2D eigenvalue weighted by Crippen LogP contribution is 2.40. The number of hydrogen-bond donors (Lipinski definition) is 1. The summed E-state index contributed by atoms with van der Waals surface area (Å²) in [4.78, 5) is 33.7. The van der Waals surface area contributed by atoms with Crippen LogP contribution in [0.25, 0.3) is 11.1 Å². The summed E-state index contributed by atoms with van der Waals surface area (Å²) in [6.07, 6.45) is 2.29. The minimum Gasteiger partial charge on any atom is -0.493 e. The first-order chi connectivity index (χ1) is 19.8. The van der Waals surface area contributed by atoms with Gasteiger partial charge in [-0.1, -0.05) is 12.1 Å². The lowest BCUT2D eigenvalue weighted by Gasteiger charge is -2.40. The molecule has 1 N–H and O–H groups in total. The summed E-state index contributed by atoms with van der Waals surface area (Å²) in [5, 5.41) is 9.50. The van der Waals surface area contributed by atoms with Crippen molar-refractivity contribution in [2.75, 3.05) is 32.8 Å². The number of aryl methyl sites for hydroxylation is 1. The third-order valence-electron chi connectivity index (χ3n) is 7.87. The average Bonchev–Trinajstić information content (AvgIpc) is 2.94. The Hall–Kier alpha value is -3.98. The fraction of sp³-hybridized carbons (Fsp3) is 0.406. The minimum absolute atomic E-state index is 0.0806. The van der Waals surface area contributed by atoms with E-state index >= 15 is 0 Å². The molecule has 5 rings (SSSR count). The van der Waals surface area contributed by atoms with Crippen LogP contribution in [0.2, 0.25) is 0 Å². The lowest BCUT2D eigenvalue weighted by Crippen LogP contribution is -2.50. The minimum atomic E-state index is -1.07. The molecule has 1 fully saturated rings. The van der Waals surface area contributed by atoms with E-state index in [1.54, 1.807) is 19.1 Å². The van der Waals surface area contributed by atoms with Crippen LogP contribution in [-0.4, -0.2) is 70.7 Å². The number of carbonyl (C=O) groups excluding carboxylic acids is 1. The number of carbonyl (C=O) groups is 2. The molecule has 0 aliphatic carbocycles. The molecule has 1 amide bonds. The molecule has 216 valence electrons. The highest BCUT2D eigenvalue weighted by atomic mass is 19.1. The van der Waals surface area contributed by atoms with Crippen molar-refractivity contribution >= 4 is 11.9 Å². The predicted molar refractivity (Wildman–Crippen MR) is 153 cm³/mol. The van der Waals surface area contributed by atoms with E-state index in [9.17, 15) is 19.1 Å². The Morgan fingerprint density at radius 1 is 1.02 bits per heavy atom. The van der Waals surface area contributed by atoms with Crippen LogP contribution in [0.5, 0.6) is 11.5 Å². The first-order valence-electron chi connectivity index (χ1n) is 14.2. The van der Waals surface area contributed by atoms with E-state index < -0.39 is 5.97 Å². The molecule has 41 heavy (non-hydrogen) atoms. The second-order valence-corrected chi connectivity index (χ2v) is 10.5. The van der Waals surface area contributed by atoms with E-state index in [0.717, 1.165) is 42.6 Å². The molecule has 3 heterocycles. The lowest BCUT2D eigenvalue weighted by atomic mass is 9.95. The van der Waals surface area contributed by atoms with Gasteiger partial charge in [-0.3, -0.25) is 14.7 Å². The summed E-state index contributed by atoms with van der Waals surface area (Å²) in [5.74, 6) is -0.0772. The summed E-state index contributed by atoms with van der Waals surface area (Å²) in [6.45, 7) is 9.46. The SMILES string of the molecule is CCOc1cc(CN2CCC(N3CCc4nc(C)c(C(=O)O)cc4C3=O)CC2)cc(OCC)c1-c1ccc(F)cc1. The molecule has 2 aliphatic rings. The van der Waals surface area contributed by atoms with E-state index in [1.807, 2.05) is 30.9 Å². The van der Waals surface area contributed by atoms with Crippen LogP contribution in [0.15, 0.2) is 42.5 Å². The number of rotatable bonds is 9. The van der Waals surface area contributed by atoms with Crippen molar-refractivity contribution < 1.29 is 28.6 Å². The zero-order valence-corrected chi connectivity index (χ0v) is 23.8. The van der Waals surface area contributed by atoms with Crippen molar-refractivity contribution in [3.8, 4) is 22.6 Å². The number of likely N-dealkylation sites (tertiary alicyclic amines) is 1. The van der Waals surface area contributed by atoms with Crippen LogP contribution in [0.3, 0.4) is 0 Å². The number of carboxylic acid groups (broad SMARTS) is 1. The smallest absolute Gasteiger partial charge is 0.337 e. The molecule has 1 saturated heterocycles. The van der Waals surface area contributed by atoms with Crippen LogP contribution in [-0.2, 0) is 13.0 Å². The van der Waals surface area contributed by atoms with Gasteiger partial charge in [0.15, 0.2) is 0 Å². The van der Waals surface area contributed by atoms with Gasteiger partial charge in [0, 0.05) is 38.6 Å². The summed E-state index contributed by atoms with van der Waals surface area (Å²) >= 11 is 0. The zero-order valence-electron chi connectivity index (χ0n) is 23.8. The maximum Gasteiger partial charge on any atom is 0.337 e. The second-order valence-electron chi connectivity index (χ2n) is 10.5. The number of nitrogens with zero attached hydrogens (tertiary/aromatic N) is 3. The number of halogens is 1. The number of fused-ring (bicyclic) bond motifs is 1. The van der Waals surface area contributed by atoms with Crippen molar-refractivity contribution in [1.82, 2.24) is 14.8 Å². The Kier molecular flexibility index (Phi) is 8.54. The summed E-state index contributed by atoms with van der Waals surface area (Å²) in [7, 11) is 0. The molecule has 2 aromatic carbocycles. The molecule has 0 radical (unpaired) electrons. The first-order valence-corrected chi connectivity index (χ1v) is 14.2. The molecule has 0 unspecified atom stereocenters. The number of carboxylic acids is 1. The monoisotopic (exact) mass is 561 g/mol. The Labute approximate surface area is 239 Å². The Morgan fingerprint density at radius 2 is 1.66 bits per heavy atom. The lowest BCUT2D eigenvalue weighted by molar-refractivity contribution is 0.0543. The predicted octanol–water partition coefficient (Wildman–Crippen LogP) is 5.35. The Balaban J connectivity index is 1.30. The van der Waals surface area contributed by atoms with Gasteiger partial charge >= 0.3 is 5.97 Å². The van der Waals surface area contributed by atoms with Gasteiger partial charge in [-0.25, -0.2) is 9.18 Å². The largest absolute Gasteiger partial charge is 0.493 e. The standard InChI is InChI=1S/C32H36FN3O5/c1-4-40-28-16-21(17-29(41-5-2)30(28)22-6-8-23(33)9-7-22)19-35-13-10-24(11-14-35)36-15-12-27-26(31(36)37)18-25(32(38)39)20(3)34-27/h6-9,16-18,24H,4-5,10-15,19H2,1-3H3,(H,38,39). The quantitative estimate of drug-likeness (QED) is 0.376. The molecule has 0 spiro atoms. The van der Waals surface area contributed by atoms with Gasteiger partial charge in [-0.15, -0.1) is 0 Å². The molecule has 8 nitrogen and oxygen atoms in total. The molecule has 0 saturated carbocycles. The van der Waals surface area contributed by atoms with Gasteiger partial charge in [0.1, 0.15) is 17.3 Å². The number of pyridine rings is 1. The van der Waals surface area contributed by atoms with Gasteiger partial charge in [0.05, 0.1) is 41.3 Å². The molecular formula is C32H36FN3O5. The molecule has 9 heteroatoms. The topological polar surface area (TPSA) is 92.2 Å². The number of amides is 1. The van der Waals surface area contributed by atoms with E-state index in [0.29, 0.717) is 61.2 Å². The fourth-order valence-corrected chi connectivity index (χ4v) is 5.90. The number of benzene rings is 2. The maximum absolute atomic E-state index is 13.6. The van der Waals surface area contributed by atoms with Crippen LogP contribution in [0, 0.1) is 12.7 Å². The van der Waals surface area contributed by atoms with Crippen molar-refractivity contribution in [1.29, 1.82) is 0 Å². The van der Waals surface area contributed by atoms with Crippen molar-refractivity contribution in [3.05, 3.63) is 76.4 Å². The molecule has 0 bridgehead atoms. The highest BCUT2D eigenvalue weighted by Gasteiger charge is 2.34. The van der Waals surface area contributed by atoms with E-state index in [2.05, 4.69) is 9.88 Å². The van der Waals surface area contributed by atoms with Crippen molar-refractivity contribution in [2.45, 2.75) is 52.6 Å². The van der Waals surface area contributed by atoms with Crippen LogP contribution >= 0.6 is 0 Å². The van der Waals surface area contributed by atoms with Crippen molar-refractivity contribution in [3.63, 3.8) is 0 Å². The normalized spacial score (nSPS) is 16.0. The van der Waals surface area contributed by atoms with Gasteiger partial charge in [0.25, 0.3) is 5.91 Å². The summed E-state index contributed by atoms with van der Waals surface area (Å²) in [6, 6.07) is 12.0.